The largest absolute Gasteiger partial charge is 0.494 e. The minimum Gasteiger partial charge on any atom is -0.494 e. The van der Waals surface area contributed by atoms with E-state index < -0.39 is 0 Å². The molecule has 12 nitrogen and oxygen atoms in total. The third-order valence-corrected chi connectivity index (χ3v) is 7.73. The zero-order chi connectivity index (χ0) is 29.9. The van der Waals surface area contributed by atoms with Gasteiger partial charge in [-0.25, -0.2) is 0 Å². The van der Waals surface area contributed by atoms with Crippen molar-refractivity contribution in [1.29, 1.82) is 10.5 Å². The summed E-state index contributed by atoms with van der Waals surface area (Å²) in [6.45, 7) is 4.56. The molecule has 2 N–H and O–H groups in total. The monoisotopic (exact) mass is 584 g/mol. The van der Waals surface area contributed by atoms with E-state index >= 15 is 0 Å². The van der Waals surface area contributed by atoms with Gasteiger partial charge in [0.05, 0.1) is 86.4 Å². The molecule has 1 unspecified atom stereocenters. The van der Waals surface area contributed by atoms with Crippen LogP contribution in [0, 0.1) is 22.7 Å². The van der Waals surface area contributed by atoms with Crippen LogP contribution in [-0.4, -0.2) is 73.6 Å². The Balaban J connectivity index is 1.32. The molecule has 6 rings (SSSR count). The van der Waals surface area contributed by atoms with Crippen LogP contribution in [0.2, 0.25) is 0 Å². The number of nitrogens with zero attached hydrogens (tertiary/aromatic N) is 4. The number of nitrogens with one attached hydrogen (secondary N) is 2. The van der Waals surface area contributed by atoms with Gasteiger partial charge in [0, 0.05) is 43.9 Å². The molecule has 0 bridgehead atoms. The van der Waals surface area contributed by atoms with Gasteiger partial charge in [-0.2, -0.15) is 10.5 Å². The lowest BCUT2D eigenvalue weighted by Gasteiger charge is -2.30. The van der Waals surface area contributed by atoms with Crippen molar-refractivity contribution in [3.05, 3.63) is 47.5 Å². The van der Waals surface area contributed by atoms with E-state index in [0.29, 0.717) is 83.3 Å². The maximum absolute atomic E-state index is 10.1. The standard InChI is InChI=1S/C31H32N6O6/c1-38-27-14-25(36-4-7-41-8-5-36)29(40-3)12-23(27)34-21-10-20(17-33)22(11-19(21)16-32)35-24-13-30-26(15-28(24)39-2)37-6-9-42-18-31(37)43-30/h10-15,31,34-35H,4-9,18H2,1-3H3. The predicted octanol–water partition coefficient (Wildman–Crippen LogP) is 4.33. The first-order valence-corrected chi connectivity index (χ1v) is 13.9. The fourth-order valence-corrected chi connectivity index (χ4v) is 5.55. The Bertz CT molecular complexity index is 1610. The third kappa shape index (κ3) is 5.34. The number of anilines is 6. The van der Waals surface area contributed by atoms with Crippen molar-refractivity contribution < 1.29 is 28.4 Å². The molecule has 3 aromatic carbocycles. The summed E-state index contributed by atoms with van der Waals surface area (Å²) in [5, 5.41) is 26.8. The van der Waals surface area contributed by atoms with Gasteiger partial charge in [0.2, 0.25) is 0 Å². The van der Waals surface area contributed by atoms with Gasteiger partial charge >= 0.3 is 0 Å². The van der Waals surface area contributed by atoms with Gasteiger partial charge in [0.15, 0.2) is 6.23 Å². The van der Waals surface area contributed by atoms with E-state index in [1.807, 2.05) is 24.3 Å². The number of nitriles is 2. The van der Waals surface area contributed by atoms with E-state index in [0.717, 1.165) is 31.0 Å². The fraction of sp³-hybridized carbons (Fsp3) is 0.355. The molecular weight excluding hydrogens is 552 g/mol. The van der Waals surface area contributed by atoms with Gasteiger partial charge in [0.25, 0.3) is 0 Å². The first kappa shape index (κ1) is 28.1. The number of ether oxygens (including phenoxy) is 6. The molecule has 0 spiro atoms. The fourth-order valence-electron chi connectivity index (χ4n) is 5.55. The summed E-state index contributed by atoms with van der Waals surface area (Å²) in [4.78, 5) is 4.33. The molecule has 0 radical (unpaired) electrons. The Hall–Kier alpha value is -5.04. The number of benzene rings is 3. The summed E-state index contributed by atoms with van der Waals surface area (Å²) in [6.07, 6.45) is -0.188. The van der Waals surface area contributed by atoms with Gasteiger partial charge in [-0.3, -0.25) is 0 Å². The highest BCUT2D eigenvalue weighted by atomic mass is 16.6. The zero-order valence-corrected chi connectivity index (χ0v) is 24.2. The quantitative estimate of drug-likeness (QED) is 0.390. The summed E-state index contributed by atoms with van der Waals surface area (Å²) in [6, 6.07) is 15.3. The van der Waals surface area contributed by atoms with E-state index in [9.17, 15) is 10.5 Å². The second-order valence-electron chi connectivity index (χ2n) is 10.1. The maximum atomic E-state index is 10.1. The van der Waals surface area contributed by atoms with Gasteiger partial charge in [-0.05, 0) is 12.1 Å². The number of rotatable bonds is 8. The highest BCUT2D eigenvalue weighted by Gasteiger charge is 2.34. The lowest BCUT2D eigenvalue weighted by molar-refractivity contribution is 0.0311. The van der Waals surface area contributed by atoms with E-state index in [-0.39, 0.29) is 6.23 Å². The summed E-state index contributed by atoms with van der Waals surface area (Å²) < 4.78 is 34.3. The average molecular weight is 585 g/mol. The molecule has 43 heavy (non-hydrogen) atoms. The Morgan fingerprint density at radius 3 is 1.88 bits per heavy atom. The normalized spacial score (nSPS) is 17.1. The first-order valence-electron chi connectivity index (χ1n) is 13.9. The molecular formula is C31H32N6O6. The molecule has 12 heteroatoms. The number of methoxy groups -OCH3 is 3. The molecule has 3 aliphatic heterocycles. The van der Waals surface area contributed by atoms with E-state index in [4.69, 9.17) is 28.4 Å². The first-order chi connectivity index (χ1) is 21.1. The summed E-state index contributed by atoms with van der Waals surface area (Å²) in [5.41, 5.74) is 4.57. The van der Waals surface area contributed by atoms with E-state index in [2.05, 4.69) is 32.6 Å². The van der Waals surface area contributed by atoms with Crippen LogP contribution in [0.3, 0.4) is 0 Å². The Morgan fingerprint density at radius 2 is 1.28 bits per heavy atom. The average Bonchev–Trinajstić information content (AvgIpc) is 3.42. The molecule has 222 valence electrons. The zero-order valence-electron chi connectivity index (χ0n) is 24.2. The van der Waals surface area contributed by atoms with E-state index in [1.165, 1.54) is 0 Å². The summed E-state index contributed by atoms with van der Waals surface area (Å²) in [5.74, 6) is 2.49. The number of morpholine rings is 2. The van der Waals surface area contributed by atoms with E-state index in [1.54, 1.807) is 33.5 Å². The van der Waals surface area contributed by atoms with Crippen molar-refractivity contribution >= 4 is 34.1 Å². The van der Waals surface area contributed by atoms with Crippen molar-refractivity contribution in [3.8, 4) is 35.1 Å². The Kier molecular flexibility index (Phi) is 7.88. The van der Waals surface area contributed by atoms with Crippen LogP contribution < -0.4 is 39.4 Å². The predicted molar refractivity (Wildman–Crippen MR) is 161 cm³/mol. The molecule has 3 aromatic rings. The highest BCUT2D eigenvalue weighted by Crippen LogP contribution is 2.46. The van der Waals surface area contributed by atoms with Gasteiger partial charge in [-0.1, -0.05) is 0 Å². The molecule has 2 saturated heterocycles. The molecule has 0 saturated carbocycles. The molecule has 0 amide bonds. The molecule has 3 aliphatic rings. The molecule has 2 fully saturated rings. The van der Waals surface area contributed by atoms with Crippen LogP contribution in [0.25, 0.3) is 0 Å². The third-order valence-electron chi connectivity index (χ3n) is 7.73. The molecule has 0 aliphatic carbocycles. The summed E-state index contributed by atoms with van der Waals surface area (Å²) >= 11 is 0. The van der Waals surface area contributed by atoms with Crippen molar-refractivity contribution in [1.82, 2.24) is 0 Å². The number of hydrogen-bond donors (Lipinski definition) is 2. The maximum Gasteiger partial charge on any atom is 0.196 e. The minimum atomic E-state index is -0.188. The smallest absolute Gasteiger partial charge is 0.196 e. The van der Waals surface area contributed by atoms with Gasteiger partial charge in [0.1, 0.15) is 41.7 Å². The van der Waals surface area contributed by atoms with Crippen LogP contribution >= 0.6 is 0 Å². The Labute approximate surface area is 249 Å². The second-order valence-corrected chi connectivity index (χ2v) is 10.1. The number of fused-ring (bicyclic) bond motifs is 3. The van der Waals surface area contributed by atoms with Crippen LogP contribution in [0.1, 0.15) is 11.1 Å². The van der Waals surface area contributed by atoms with Crippen molar-refractivity contribution in [3.63, 3.8) is 0 Å². The van der Waals surface area contributed by atoms with Crippen LogP contribution in [-0.2, 0) is 9.47 Å². The number of hydrogen-bond acceptors (Lipinski definition) is 12. The lowest BCUT2D eigenvalue weighted by Crippen LogP contribution is -2.45. The molecule has 1 atom stereocenters. The van der Waals surface area contributed by atoms with Crippen LogP contribution in [0.15, 0.2) is 36.4 Å². The highest BCUT2D eigenvalue weighted by molar-refractivity contribution is 5.83. The second kappa shape index (κ2) is 12.1. The molecule has 3 heterocycles. The van der Waals surface area contributed by atoms with Crippen molar-refractivity contribution in [2.75, 3.05) is 87.8 Å². The van der Waals surface area contributed by atoms with Crippen molar-refractivity contribution in [2.45, 2.75) is 6.23 Å². The minimum absolute atomic E-state index is 0.188. The Morgan fingerprint density at radius 1 is 0.698 bits per heavy atom. The summed E-state index contributed by atoms with van der Waals surface area (Å²) in [7, 11) is 4.79. The SMILES string of the molecule is COc1cc(N2CCOCC2)c(OC)cc1Nc1cc(C#N)c(Nc2cc3c(cc2OC)N2CCOCC2O3)cc1C#N. The van der Waals surface area contributed by atoms with Gasteiger partial charge in [-0.15, -0.1) is 0 Å². The molecule has 0 aromatic heterocycles. The van der Waals surface area contributed by atoms with Crippen LogP contribution in [0.5, 0.6) is 23.0 Å². The van der Waals surface area contributed by atoms with Gasteiger partial charge < -0.3 is 48.9 Å². The topological polar surface area (TPSA) is 134 Å². The van der Waals surface area contributed by atoms with Crippen LogP contribution in [0.4, 0.5) is 34.1 Å². The van der Waals surface area contributed by atoms with Crippen molar-refractivity contribution in [2.24, 2.45) is 0 Å². The lowest BCUT2D eigenvalue weighted by atomic mass is 10.1.